The summed E-state index contributed by atoms with van der Waals surface area (Å²) in [6, 6.07) is 16.8. The molecule has 120 valence electrons. The minimum Gasteiger partial charge on any atom is -0.325 e. The summed E-state index contributed by atoms with van der Waals surface area (Å²) < 4.78 is 0. The maximum Gasteiger partial charge on any atom is 0.238 e. The number of nitrogens with one attached hydrogen (secondary N) is 1. The minimum atomic E-state index is 0.0462. The second-order valence-electron chi connectivity index (χ2n) is 6.39. The number of carbonyl (C=O) groups is 1. The summed E-state index contributed by atoms with van der Waals surface area (Å²) in [7, 11) is 2.05. The van der Waals surface area contributed by atoms with Crippen molar-refractivity contribution in [1.29, 1.82) is 0 Å². The van der Waals surface area contributed by atoms with Gasteiger partial charge in [-0.05, 0) is 56.0 Å². The first-order valence-corrected chi connectivity index (χ1v) is 8.28. The highest BCUT2D eigenvalue weighted by Gasteiger charge is 2.24. The third-order valence-corrected chi connectivity index (χ3v) is 4.68. The van der Waals surface area contributed by atoms with Gasteiger partial charge in [-0.15, -0.1) is 0 Å². The highest BCUT2D eigenvalue weighted by molar-refractivity contribution is 5.92. The van der Waals surface area contributed by atoms with Crippen LogP contribution in [0, 0.1) is 6.92 Å². The third-order valence-electron chi connectivity index (χ3n) is 4.68. The highest BCUT2D eigenvalue weighted by atomic mass is 16.2. The molecule has 23 heavy (non-hydrogen) atoms. The molecule has 1 aliphatic carbocycles. The molecule has 0 heterocycles. The molecule has 0 aromatic heterocycles. The standard InChI is InChI=1S/C20H24N2O/c1-15-8-3-6-12-18(15)21-20(23)14-22(2)19-13-7-10-16-9-4-5-11-17(16)19/h3-6,8-9,11-12,19H,7,10,13-14H2,1-2H3,(H,21,23)/t19-/m0/s1. The zero-order chi connectivity index (χ0) is 16.2. The summed E-state index contributed by atoms with van der Waals surface area (Å²) in [4.78, 5) is 14.5. The van der Waals surface area contributed by atoms with E-state index in [2.05, 4.69) is 34.5 Å². The third kappa shape index (κ3) is 3.62. The van der Waals surface area contributed by atoms with Crippen molar-refractivity contribution in [3.8, 4) is 0 Å². The lowest BCUT2D eigenvalue weighted by atomic mass is 9.87. The van der Waals surface area contributed by atoms with Crippen molar-refractivity contribution in [3.63, 3.8) is 0 Å². The summed E-state index contributed by atoms with van der Waals surface area (Å²) in [5.74, 6) is 0.0462. The number of amides is 1. The molecule has 0 spiro atoms. The van der Waals surface area contributed by atoms with Crippen LogP contribution in [0.25, 0.3) is 0 Å². The van der Waals surface area contributed by atoms with Gasteiger partial charge in [0, 0.05) is 11.7 Å². The molecule has 0 saturated heterocycles. The van der Waals surface area contributed by atoms with Gasteiger partial charge in [0.05, 0.1) is 6.54 Å². The minimum absolute atomic E-state index is 0.0462. The zero-order valence-electron chi connectivity index (χ0n) is 13.9. The molecule has 3 rings (SSSR count). The van der Waals surface area contributed by atoms with Crippen LogP contribution in [0.15, 0.2) is 48.5 Å². The van der Waals surface area contributed by atoms with Crippen molar-refractivity contribution in [1.82, 2.24) is 4.90 Å². The second-order valence-corrected chi connectivity index (χ2v) is 6.39. The Hall–Kier alpha value is -2.13. The predicted octanol–water partition coefficient (Wildman–Crippen LogP) is 3.94. The monoisotopic (exact) mass is 308 g/mol. The van der Waals surface area contributed by atoms with Crippen molar-refractivity contribution < 1.29 is 4.79 Å². The van der Waals surface area contributed by atoms with E-state index in [0.29, 0.717) is 12.6 Å². The van der Waals surface area contributed by atoms with Gasteiger partial charge in [0.25, 0.3) is 0 Å². The molecule has 1 amide bonds. The van der Waals surface area contributed by atoms with Gasteiger partial charge >= 0.3 is 0 Å². The van der Waals surface area contributed by atoms with Gasteiger partial charge < -0.3 is 5.32 Å². The Morgan fingerprint density at radius 3 is 2.74 bits per heavy atom. The fraction of sp³-hybridized carbons (Fsp3) is 0.350. The van der Waals surface area contributed by atoms with Crippen LogP contribution in [0.5, 0.6) is 0 Å². The fourth-order valence-corrected chi connectivity index (χ4v) is 3.43. The first kappa shape index (κ1) is 15.8. The van der Waals surface area contributed by atoms with Gasteiger partial charge in [-0.25, -0.2) is 0 Å². The molecule has 0 aliphatic heterocycles. The van der Waals surface area contributed by atoms with Gasteiger partial charge in [-0.3, -0.25) is 9.69 Å². The Balaban J connectivity index is 1.67. The van der Waals surface area contributed by atoms with Gasteiger partial charge in [0.1, 0.15) is 0 Å². The Kier molecular flexibility index (Phi) is 4.77. The largest absolute Gasteiger partial charge is 0.325 e. The summed E-state index contributed by atoms with van der Waals surface area (Å²) >= 11 is 0. The topological polar surface area (TPSA) is 32.3 Å². The number of hydrogen-bond acceptors (Lipinski definition) is 2. The van der Waals surface area contributed by atoms with Crippen LogP contribution in [-0.4, -0.2) is 24.4 Å². The molecular formula is C20H24N2O. The molecule has 1 atom stereocenters. The number of rotatable bonds is 4. The lowest BCUT2D eigenvalue weighted by Crippen LogP contribution is -2.35. The van der Waals surface area contributed by atoms with Crippen molar-refractivity contribution >= 4 is 11.6 Å². The summed E-state index contributed by atoms with van der Waals surface area (Å²) in [5.41, 5.74) is 4.79. The molecule has 0 fully saturated rings. The Labute approximate surface area is 138 Å². The average molecular weight is 308 g/mol. The van der Waals surface area contributed by atoms with Crippen molar-refractivity contribution in [2.45, 2.75) is 32.2 Å². The number of aryl methyl sites for hydroxylation is 2. The Morgan fingerprint density at radius 1 is 1.17 bits per heavy atom. The fourth-order valence-electron chi connectivity index (χ4n) is 3.43. The van der Waals surface area contributed by atoms with Crippen molar-refractivity contribution in [2.24, 2.45) is 0 Å². The van der Waals surface area contributed by atoms with E-state index in [1.807, 2.05) is 38.2 Å². The van der Waals surface area contributed by atoms with Crippen LogP contribution in [-0.2, 0) is 11.2 Å². The van der Waals surface area contributed by atoms with E-state index in [1.54, 1.807) is 0 Å². The molecule has 0 bridgehead atoms. The normalized spacial score (nSPS) is 16.9. The molecule has 3 nitrogen and oxygen atoms in total. The predicted molar refractivity (Wildman–Crippen MR) is 94.6 cm³/mol. The number of likely N-dealkylation sites (N-methyl/N-ethyl adjacent to an activating group) is 1. The van der Waals surface area contributed by atoms with Crippen molar-refractivity contribution in [3.05, 3.63) is 65.2 Å². The molecule has 2 aromatic rings. The van der Waals surface area contributed by atoms with Crippen LogP contribution >= 0.6 is 0 Å². The van der Waals surface area contributed by atoms with E-state index in [9.17, 15) is 4.79 Å². The summed E-state index contributed by atoms with van der Waals surface area (Å²) in [6.45, 7) is 2.42. The van der Waals surface area contributed by atoms with Crippen LogP contribution in [0.4, 0.5) is 5.69 Å². The lowest BCUT2D eigenvalue weighted by Gasteiger charge is -2.32. The summed E-state index contributed by atoms with van der Waals surface area (Å²) in [6.07, 6.45) is 3.45. The molecule has 2 aromatic carbocycles. The van der Waals surface area contributed by atoms with E-state index in [4.69, 9.17) is 0 Å². The van der Waals surface area contributed by atoms with Crippen LogP contribution in [0.3, 0.4) is 0 Å². The van der Waals surface area contributed by atoms with Crippen molar-refractivity contribution in [2.75, 3.05) is 18.9 Å². The number of nitrogens with zero attached hydrogens (tertiary/aromatic N) is 1. The molecule has 3 heteroatoms. The molecule has 1 aliphatic rings. The van der Waals surface area contributed by atoms with E-state index in [0.717, 1.165) is 24.1 Å². The molecule has 0 saturated carbocycles. The maximum atomic E-state index is 12.4. The highest BCUT2D eigenvalue weighted by Crippen LogP contribution is 2.33. The first-order chi connectivity index (χ1) is 11.1. The number of fused-ring (bicyclic) bond motifs is 1. The lowest BCUT2D eigenvalue weighted by molar-refractivity contribution is -0.117. The number of para-hydroxylation sites is 1. The van der Waals surface area contributed by atoms with Gasteiger partial charge in [0.2, 0.25) is 5.91 Å². The maximum absolute atomic E-state index is 12.4. The van der Waals surface area contributed by atoms with E-state index >= 15 is 0 Å². The van der Waals surface area contributed by atoms with Crippen LogP contribution in [0.2, 0.25) is 0 Å². The second kappa shape index (κ2) is 6.97. The molecule has 1 N–H and O–H groups in total. The number of benzene rings is 2. The number of carbonyl (C=O) groups excluding carboxylic acids is 1. The number of hydrogen-bond donors (Lipinski definition) is 1. The summed E-state index contributed by atoms with van der Waals surface area (Å²) in [5, 5.41) is 3.02. The smallest absolute Gasteiger partial charge is 0.238 e. The van der Waals surface area contributed by atoms with Gasteiger partial charge in [0.15, 0.2) is 0 Å². The van der Waals surface area contributed by atoms with E-state index < -0.39 is 0 Å². The quantitative estimate of drug-likeness (QED) is 0.928. The Morgan fingerprint density at radius 2 is 1.91 bits per heavy atom. The molecular weight excluding hydrogens is 284 g/mol. The first-order valence-electron chi connectivity index (χ1n) is 8.28. The Bertz CT molecular complexity index is 696. The zero-order valence-corrected chi connectivity index (χ0v) is 13.9. The van der Waals surface area contributed by atoms with Gasteiger partial charge in [-0.1, -0.05) is 42.5 Å². The van der Waals surface area contributed by atoms with Gasteiger partial charge in [-0.2, -0.15) is 0 Å². The van der Waals surface area contributed by atoms with E-state index in [1.165, 1.54) is 17.5 Å². The SMILES string of the molecule is Cc1ccccc1NC(=O)CN(C)[C@H]1CCCc2ccccc21. The average Bonchev–Trinajstić information content (AvgIpc) is 2.56. The van der Waals surface area contributed by atoms with Crippen LogP contribution < -0.4 is 5.32 Å². The number of anilines is 1. The van der Waals surface area contributed by atoms with Crippen LogP contribution in [0.1, 0.15) is 35.6 Å². The molecule has 0 radical (unpaired) electrons. The molecule has 0 unspecified atom stereocenters. The van der Waals surface area contributed by atoms with E-state index in [-0.39, 0.29) is 5.91 Å².